The first-order chi connectivity index (χ1) is 9.24. The lowest BCUT2D eigenvalue weighted by atomic mass is 10.1. The molecule has 0 aromatic heterocycles. The Hall–Kier alpha value is -1.10. The van der Waals surface area contributed by atoms with Crippen molar-refractivity contribution >= 4 is 0 Å². The molecule has 0 bridgehead atoms. The van der Waals surface area contributed by atoms with Gasteiger partial charge in [-0.2, -0.15) is 0 Å². The number of ether oxygens (including phenoxy) is 3. The lowest BCUT2D eigenvalue weighted by Crippen LogP contribution is -2.25. The van der Waals surface area contributed by atoms with Crippen LogP contribution in [0.15, 0.2) is 18.2 Å². The van der Waals surface area contributed by atoms with Gasteiger partial charge in [0.25, 0.3) is 0 Å². The Morgan fingerprint density at radius 1 is 1.26 bits per heavy atom. The average Bonchev–Trinajstić information content (AvgIpc) is 2.78. The summed E-state index contributed by atoms with van der Waals surface area (Å²) in [6.07, 6.45) is 1.07. The number of aliphatic hydroxyl groups is 1. The topological polar surface area (TPSA) is 47.9 Å². The summed E-state index contributed by atoms with van der Waals surface area (Å²) in [6, 6.07) is 5.83. The number of rotatable bonds is 7. The molecule has 0 radical (unpaired) electrons. The number of benzene rings is 1. The monoisotopic (exact) mass is 266 g/mol. The predicted molar refractivity (Wildman–Crippen MR) is 72.3 cm³/mol. The van der Waals surface area contributed by atoms with Crippen LogP contribution in [0, 0.1) is 0 Å². The summed E-state index contributed by atoms with van der Waals surface area (Å²) < 4.78 is 16.6. The van der Waals surface area contributed by atoms with E-state index in [1.807, 2.05) is 32.0 Å². The molecule has 1 atom stereocenters. The van der Waals surface area contributed by atoms with Gasteiger partial charge in [-0.15, -0.1) is 0 Å². The van der Waals surface area contributed by atoms with E-state index >= 15 is 0 Å². The summed E-state index contributed by atoms with van der Waals surface area (Å²) in [6.45, 7) is 5.45. The summed E-state index contributed by atoms with van der Waals surface area (Å²) in [5.41, 5.74) is 2.20. The van der Waals surface area contributed by atoms with Gasteiger partial charge in [0.2, 0.25) is 0 Å². The molecule has 4 heteroatoms. The normalized spacial score (nSPS) is 17.8. The second-order valence-corrected chi connectivity index (χ2v) is 4.57. The number of aryl methyl sites for hydroxylation is 1. The molecule has 0 amide bonds. The maximum Gasteiger partial charge on any atom is 0.191 e. The molecule has 1 aromatic carbocycles. The third-order valence-corrected chi connectivity index (χ3v) is 3.25. The molecule has 1 aliphatic rings. The highest BCUT2D eigenvalue weighted by Gasteiger charge is 2.20. The van der Waals surface area contributed by atoms with Gasteiger partial charge < -0.3 is 19.3 Å². The molecule has 0 saturated carbocycles. The Morgan fingerprint density at radius 2 is 2.00 bits per heavy atom. The molecular formula is C15H22O4. The van der Waals surface area contributed by atoms with E-state index in [-0.39, 0.29) is 12.4 Å². The zero-order valence-electron chi connectivity index (χ0n) is 11.6. The van der Waals surface area contributed by atoms with E-state index in [1.165, 1.54) is 5.56 Å². The highest BCUT2D eigenvalue weighted by molar-refractivity contribution is 5.39. The zero-order valence-corrected chi connectivity index (χ0v) is 11.6. The summed E-state index contributed by atoms with van der Waals surface area (Å²) in [5, 5.41) is 9.75. The van der Waals surface area contributed by atoms with Crippen LogP contribution in [-0.4, -0.2) is 31.2 Å². The largest absolute Gasteiger partial charge is 0.488 e. The Bertz CT molecular complexity index is 399. The SMILES string of the molecule is CCOC(COc1ccc2c(c1)CCC2O)OCC. The van der Waals surface area contributed by atoms with Crippen LogP contribution in [0.4, 0.5) is 0 Å². The van der Waals surface area contributed by atoms with Crippen LogP contribution in [-0.2, 0) is 15.9 Å². The van der Waals surface area contributed by atoms with Gasteiger partial charge in [-0.3, -0.25) is 0 Å². The fraction of sp³-hybridized carbons (Fsp3) is 0.600. The van der Waals surface area contributed by atoms with E-state index < -0.39 is 0 Å². The molecule has 1 unspecified atom stereocenters. The quantitative estimate of drug-likeness (QED) is 0.770. The van der Waals surface area contributed by atoms with Gasteiger partial charge in [0.15, 0.2) is 6.29 Å². The average molecular weight is 266 g/mol. The summed E-state index contributed by atoms with van der Waals surface area (Å²) in [5.74, 6) is 0.803. The lowest BCUT2D eigenvalue weighted by molar-refractivity contribution is -0.152. The van der Waals surface area contributed by atoms with E-state index in [4.69, 9.17) is 14.2 Å². The Balaban J connectivity index is 1.92. The lowest BCUT2D eigenvalue weighted by Gasteiger charge is -2.17. The first-order valence-electron chi connectivity index (χ1n) is 6.91. The van der Waals surface area contributed by atoms with Crippen molar-refractivity contribution in [2.45, 2.75) is 39.1 Å². The summed E-state index contributed by atoms with van der Waals surface area (Å²) in [7, 11) is 0. The van der Waals surface area contributed by atoms with Gasteiger partial charge in [0.1, 0.15) is 12.4 Å². The van der Waals surface area contributed by atoms with Gasteiger partial charge in [0.05, 0.1) is 6.10 Å². The predicted octanol–water partition coefficient (Wildman–Crippen LogP) is 2.44. The van der Waals surface area contributed by atoms with Crippen molar-refractivity contribution in [1.82, 2.24) is 0 Å². The number of hydrogen-bond donors (Lipinski definition) is 1. The van der Waals surface area contributed by atoms with Crippen LogP contribution in [0.3, 0.4) is 0 Å². The van der Waals surface area contributed by atoms with Gasteiger partial charge in [-0.05, 0) is 49.9 Å². The number of aliphatic hydroxyl groups excluding tert-OH is 1. The van der Waals surface area contributed by atoms with Crippen molar-refractivity contribution < 1.29 is 19.3 Å². The molecule has 4 nitrogen and oxygen atoms in total. The molecule has 1 aliphatic carbocycles. The van der Waals surface area contributed by atoms with Crippen LogP contribution in [0.25, 0.3) is 0 Å². The van der Waals surface area contributed by atoms with Crippen molar-refractivity contribution in [1.29, 1.82) is 0 Å². The van der Waals surface area contributed by atoms with Gasteiger partial charge in [-0.25, -0.2) is 0 Å². The molecule has 0 spiro atoms. The number of hydrogen-bond acceptors (Lipinski definition) is 4. The minimum absolute atomic E-state index is 0.316. The standard InChI is InChI=1S/C15H22O4/c1-3-17-15(18-4-2)10-19-12-6-7-13-11(9-12)5-8-14(13)16/h6-7,9,14-16H,3-5,8,10H2,1-2H3. The second kappa shape index (κ2) is 6.89. The number of fused-ring (bicyclic) bond motifs is 1. The Morgan fingerprint density at radius 3 is 2.68 bits per heavy atom. The van der Waals surface area contributed by atoms with Crippen molar-refractivity contribution in [2.75, 3.05) is 19.8 Å². The zero-order chi connectivity index (χ0) is 13.7. The molecule has 1 aromatic rings. The fourth-order valence-corrected chi connectivity index (χ4v) is 2.34. The molecule has 1 N–H and O–H groups in total. The Kier molecular flexibility index (Phi) is 5.19. The second-order valence-electron chi connectivity index (χ2n) is 4.57. The first kappa shape index (κ1) is 14.3. The fourth-order valence-electron chi connectivity index (χ4n) is 2.34. The Labute approximate surface area is 114 Å². The van der Waals surface area contributed by atoms with Crippen LogP contribution >= 0.6 is 0 Å². The van der Waals surface area contributed by atoms with Crippen molar-refractivity contribution in [3.05, 3.63) is 29.3 Å². The van der Waals surface area contributed by atoms with Crippen LogP contribution in [0.5, 0.6) is 5.75 Å². The van der Waals surface area contributed by atoms with Gasteiger partial charge >= 0.3 is 0 Å². The molecule has 2 rings (SSSR count). The molecule has 0 fully saturated rings. The third-order valence-electron chi connectivity index (χ3n) is 3.25. The minimum atomic E-state index is -0.325. The third kappa shape index (κ3) is 3.69. The van der Waals surface area contributed by atoms with Crippen molar-refractivity contribution in [2.24, 2.45) is 0 Å². The van der Waals surface area contributed by atoms with Crippen LogP contribution in [0.2, 0.25) is 0 Å². The highest BCUT2D eigenvalue weighted by Crippen LogP contribution is 2.33. The van der Waals surface area contributed by atoms with Crippen LogP contribution in [0.1, 0.15) is 37.5 Å². The highest BCUT2D eigenvalue weighted by atomic mass is 16.7. The van der Waals surface area contributed by atoms with Gasteiger partial charge in [0, 0.05) is 13.2 Å². The molecule has 106 valence electrons. The molecule has 0 saturated heterocycles. The van der Waals surface area contributed by atoms with Crippen molar-refractivity contribution in [3.63, 3.8) is 0 Å². The smallest absolute Gasteiger partial charge is 0.191 e. The van der Waals surface area contributed by atoms with Gasteiger partial charge in [-0.1, -0.05) is 6.07 Å². The van der Waals surface area contributed by atoms with Crippen LogP contribution < -0.4 is 4.74 Å². The van der Waals surface area contributed by atoms with E-state index in [0.29, 0.717) is 19.8 Å². The molecule has 19 heavy (non-hydrogen) atoms. The summed E-state index contributed by atoms with van der Waals surface area (Å²) >= 11 is 0. The molecular weight excluding hydrogens is 244 g/mol. The molecule has 0 heterocycles. The maximum atomic E-state index is 9.75. The van der Waals surface area contributed by atoms with Crippen molar-refractivity contribution in [3.8, 4) is 5.75 Å². The molecule has 0 aliphatic heterocycles. The minimum Gasteiger partial charge on any atom is -0.488 e. The van der Waals surface area contributed by atoms with E-state index in [0.717, 1.165) is 24.2 Å². The first-order valence-corrected chi connectivity index (χ1v) is 6.91. The maximum absolute atomic E-state index is 9.75. The summed E-state index contributed by atoms with van der Waals surface area (Å²) in [4.78, 5) is 0. The van der Waals surface area contributed by atoms with E-state index in [2.05, 4.69) is 0 Å². The van der Waals surface area contributed by atoms with E-state index in [9.17, 15) is 5.11 Å². The van der Waals surface area contributed by atoms with E-state index in [1.54, 1.807) is 0 Å².